The standard InChI is InChI=1S/C8H12ClN3S/c1-2-5-3-6(5)4-10-8-7(9)11-13-12-8/h5-6H,2-4H2,1H3,(H,10,12)/t5-,6+/m1/s1. The molecule has 13 heavy (non-hydrogen) atoms. The van der Waals surface area contributed by atoms with Crippen molar-refractivity contribution in [2.75, 3.05) is 11.9 Å². The van der Waals surface area contributed by atoms with Crippen LogP contribution in [0.1, 0.15) is 19.8 Å². The number of nitrogens with zero attached hydrogens (tertiary/aromatic N) is 2. The molecule has 1 heterocycles. The van der Waals surface area contributed by atoms with Crippen LogP contribution < -0.4 is 5.32 Å². The number of halogens is 1. The second-order valence-electron chi connectivity index (χ2n) is 3.45. The maximum Gasteiger partial charge on any atom is 0.186 e. The Kier molecular flexibility index (Phi) is 2.69. The highest BCUT2D eigenvalue weighted by atomic mass is 35.5. The fraction of sp³-hybridized carbons (Fsp3) is 0.750. The van der Waals surface area contributed by atoms with Gasteiger partial charge in [-0.2, -0.15) is 8.75 Å². The van der Waals surface area contributed by atoms with E-state index in [4.69, 9.17) is 11.6 Å². The zero-order chi connectivity index (χ0) is 9.26. The Labute approximate surface area is 86.8 Å². The molecule has 72 valence electrons. The van der Waals surface area contributed by atoms with Crippen molar-refractivity contribution in [3.63, 3.8) is 0 Å². The summed E-state index contributed by atoms with van der Waals surface area (Å²) in [5.41, 5.74) is 0. The van der Waals surface area contributed by atoms with Gasteiger partial charge in [0.25, 0.3) is 0 Å². The summed E-state index contributed by atoms with van der Waals surface area (Å²) in [6.45, 7) is 3.23. The van der Waals surface area contributed by atoms with Crippen molar-refractivity contribution < 1.29 is 0 Å². The van der Waals surface area contributed by atoms with Gasteiger partial charge < -0.3 is 5.32 Å². The van der Waals surface area contributed by atoms with Crippen molar-refractivity contribution in [3.8, 4) is 0 Å². The van der Waals surface area contributed by atoms with Crippen LogP contribution in [0.4, 0.5) is 5.82 Å². The van der Waals surface area contributed by atoms with E-state index in [1.165, 1.54) is 12.8 Å². The Morgan fingerprint density at radius 3 is 2.92 bits per heavy atom. The molecule has 1 saturated carbocycles. The van der Waals surface area contributed by atoms with Gasteiger partial charge in [0.05, 0.1) is 11.7 Å². The first kappa shape index (κ1) is 9.21. The molecular weight excluding hydrogens is 206 g/mol. The van der Waals surface area contributed by atoms with E-state index in [1.54, 1.807) is 0 Å². The normalized spacial score (nSPS) is 26.0. The molecule has 0 radical (unpaired) electrons. The molecule has 0 aromatic carbocycles. The smallest absolute Gasteiger partial charge is 0.186 e. The Hall–Kier alpha value is -0.350. The lowest BCUT2D eigenvalue weighted by Gasteiger charge is -2.00. The fourth-order valence-corrected chi connectivity index (χ4v) is 2.25. The minimum Gasteiger partial charge on any atom is -0.366 e. The van der Waals surface area contributed by atoms with Gasteiger partial charge in [0.1, 0.15) is 0 Å². The molecule has 0 aliphatic heterocycles. The van der Waals surface area contributed by atoms with Crippen molar-refractivity contribution in [2.24, 2.45) is 11.8 Å². The van der Waals surface area contributed by atoms with Crippen LogP contribution in [0.15, 0.2) is 0 Å². The second-order valence-corrected chi connectivity index (χ2v) is 4.34. The van der Waals surface area contributed by atoms with Gasteiger partial charge in [0.15, 0.2) is 11.0 Å². The van der Waals surface area contributed by atoms with Crippen LogP contribution in [0, 0.1) is 11.8 Å². The number of rotatable bonds is 4. The minimum atomic E-state index is 0.499. The summed E-state index contributed by atoms with van der Waals surface area (Å²) < 4.78 is 7.94. The molecule has 1 N–H and O–H groups in total. The van der Waals surface area contributed by atoms with E-state index in [0.717, 1.165) is 35.9 Å². The van der Waals surface area contributed by atoms with E-state index in [9.17, 15) is 0 Å². The molecule has 1 fully saturated rings. The van der Waals surface area contributed by atoms with Gasteiger partial charge in [-0.25, -0.2) is 0 Å². The number of anilines is 1. The first-order valence-corrected chi connectivity index (χ1v) is 5.64. The lowest BCUT2D eigenvalue weighted by atomic mass is 10.2. The van der Waals surface area contributed by atoms with Crippen molar-refractivity contribution in [1.29, 1.82) is 0 Å². The molecule has 0 amide bonds. The predicted octanol–water partition coefficient (Wildman–Crippen LogP) is 2.65. The van der Waals surface area contributed by atoms with Crippen LogP contribution in [-0.2, 0) is 0 Å². The number of nitrogens with one attached hydrogen (secondary N) is 1. The van der Waals surface area contributed by atoms with Gasteiger partial charge in [-0.15, -0.1) is 0 Å². The minimum absolute atomic E-state index is 0.499. The third-order valence-corrected chi connectivity index (χ3v) is 3.47. The van der Waals surface area contributed by atoms with E-state index in [0.29, 0.717) is 5.15 Å². The molecule has 0 unspecified atom stereocenters. The van der Waals surface area contributed by atoms with Gasteiger partial charge in [-0.05, 0) is 18.3 Å². The third-order valence-electron chi connectivity index (χ3n) is 2.57. The Bertz CT molecular complexity index is 289. The van der Waals surface area contributed by atoms with Crippen molar-refractivity contribution >= 4 is 29.1 Å². The molecule has 1 aliphatic carbocycles. The second kappa shape index (κ2) is 3.80. The summed E-state index contributed by atoms with van der Waals surface area (Å²) in [6, 6.07) is 0. The predicted molar refractivity (Wildman–Crippen MR) is 55.3 cm³/mol. The van der Waals surface area contributed by atoms with E-state index < -0.39 is 0 Å². The molecule has 1 aliphatic rings. The average molecular weight is 218 g/mol. The zero-order valence-corrected chi connectivity index (χ0v) is 9.03. The topological polar surface area (TPSA) is 37.8 Å². The summed E-state index contributed by atoms with van der Waals surface area (Å²) in [5.74, 6) is 2.48. The van der Waals surface area contributed by atoms with Crippen LogP contribution in [0.3, 0.4) is 0 Å². The highest BCUT2D eigenvalue weighted by Gasteiger charge is 2.34. The molecule has 2 atom stereocenters. The first-order valence-electron chi connectivity index (χ1n) is 4.53. The summed E-state index contributed by atoms with van der Waals surface area (Å²) in [6.07, 6.45) is 2.63. The molecule has 0 bridgehead atoms. The number of hydrogen-bond donors (Lipinski definition) is 1. The lowest BCUT2D eigenvalue weighted by molar-refractivity contribution is 0.701. The first-order chi connectivity index (χ1) is 6.31. The summed E-state index contributed by atoms with van der Waals surface area (Å²) in [4.78, 5) is 0. The Morgan fingerprint density at radius 2 is 2.38 bits per heavy atom. The molecule has 0 saturated heterocycles. The summed E-state index contributed by atoms with van der Waals surface area (Å²) in [7, 11) is 0. The molecule has 5 heteroatoms. The van der Waals surface area contributed by atoms with Crippen LogP contribution >= 0.6 is 23.3 Å². The van der Waals surface area contributed by atoms with Crippen LogP contribution in [0.2, 0.25) is 5.15 Å². The molecule has 0 spiro atoms. The van der Waals surface area contributed by atoms with Gasteiger partial charge in [0, 0.05) is 6.54 Å². The maximum atomic E-state index is 5.79. The quantitative estimate of drug-likeness (QED) is 0.843. The van der Waals surface area contributed by atoms with Crippen LogP contribution in [0.25, 0.3) is 0 Å². The molecule has 3 nitrogen and oxygen atoms in total. The number of aromatic nitrogens is 2. The monoisotopic (exact) mass is 217 g/mol. The van der Waals surface area contributed by atoms with E-state index in [2.05, 4.69) is 21.0 Å². The molecule has 2 rings (SSSR count). The van der Waals surface area contributed by atoms with Crippen molar-refractivity contribution in [1.82, 2.24) is 8.75 Å². The Balaban J connectivity index is 1.78. The van der Waals surface area contributed by atoms with Crippen LogP contribution in [0.5, 0.6) is 0 Å². The fourth-order valence-electron chi connectivity index (χ4n) is 1.57. The van der Waals surface area contributed by atoms with Gasteiger partial charge in [-0.1, -0.05) is 24.9 Å². The largest absolute Gasteiger partial charge is 0.366 e. The van der Waals surface area contributed by atoms with Gasteiger partial charge >= 0.3 is 0 Å². The highest BCUT2D eigenvalue weighted by Crippen LogP contribution is 2.40. The lowest BCUT2D eigenvalue weighted by Crippen LogP contribution is -2.05. The molecule has 1 aromatic heterocycles. The molecular formula is C8H12ClN3S. The van der Waals surface area contributed by atoms with E-state index >= 15 is 0 Å². The van der Waals surface area contributed by atoms with Crippen LogP contribution in [-0.4, -0.2) is 15.3 Å². The summed E-state index contributed by atoms with van der Waals surface area (Å²) >= 11 is 6.94. The average Bonchev–Trinajstić information content (AvgIpc) is 2.79. The summed E-state index contributed by atoms with van der Waals surface area (Å²) in [5, 5.41) is 3.72. The van der Waals surface area contributed by atoms with Gasteiger partial charge in [0.2, 0.25) is 0 Å². The van der Waals surface area contributed by atoms with E-state index in [1.807, 2.05) is 0 Å². The number of hydrogen-bond acceptors (Lipinski definition) is 4. The zero-order valence-electron chi connectivity index (χ0n) is 7.46. The maximum absolute atomic E-state index is 5.79. The third kappa shape index (κ3) is 2.11. The van der Waals surface area contributed by atoms with Crippen molar-refractivity contribution in [3.05, 3.63) is 5.15 Å². The van der Waals surface area contributed by atoms with Gasteiger partial charge in [-0.3, -0.25) is 0 Å². The van der Waals surface area contributed by atoms with E-state index in [-0.39, 0.29) is 0 Å². The Morgan fingerprint density at radius 1 is 1.54 bits per heavy atom. The highest BCUT2D eigenvalue weighted by molar-refractivity contribution is 6.99. The SMILES string of the molecule is CC[C@@H]1C[C@H]1CNc1nsnc1Cl. The molecule has 1 aromatic rings. The van der Waals surface area contributed by atoms with Crippen molar-refractivity contribution in [2.45, 2.75) is 19.8 Å².